The molecule has 4 nitrogen and oxygen atoms in total. The van der Waals surface area contributed by atoms with E-state index in [0.29, 0.717) is 15.6 Å². The molecule has 0 radical (unpaired) electrons. The predicted octanol–water partition coefficient (Wildman–Crippen LogP) is 5.76. The Morgan fingerprint density at radius 1 is 1.27 bits per heavy atom. The van der Waals surface area contributed by atoms with Gasteiger partial charge in [-0.1, -0.05) is 17.7 Å². The number of aromatic nitrogens is 1. The summed E-state index contributed by atoms with van der Waals surface area (Å²) >= 11 is 7.46. The maximum absolute atomic E-state index is 9.50. The van der Waals surface area contributed by atoms with Gasteiger partial charge in [0.2, 0.25) is 0 Å². The molecule has 0 aliphatic heterocycles. The molecule has 1 heterocycles. The molecule has 1 N–H and O–H groups in total. The number of methoxy groups -OCH3 is 1. The molecule has 1 aromatic heterocycles. The molecule has 0 unspecified atom stereocenters. The van der Waals surface area contributed by atoms with Crippen LogP contribution in [0.4, 0.5) is 5.69 Å². The van der Waals surface area contributed by atoms with Gasteiger partial charge in [-0.15, -0.1) is 11.3 Å². The normalized spacial score (nSPS) is 11.1. The van der Waals surface area contributed by atoms with Crippen LogP contribution in [0, 0.1) is 18.3 Å². The molecule has 6 heteroatoms. The fourth-order valence-electron chi connectivity index (χ4n) is 2.33. The Labute approximate surface area is 161 Å². The molecular formula is C20H16ClN3OS. The van der Waals surface area contributed by atoms with Gasteiger partial charge in [-0.3, -0.25) is 0 Å². The van der Waals surface area contributed by atoms with Crippen molar-refractivity contribution >= 4 is 34.2 Å². The number of aryl methyl sites for hydroxylation is 1. The van der Waals surface area contributed by atoms with Crippen molar-refractivity contribution in [2.24, 2.45) is 0 Å². The summed E-state index contributed by atoms with van der Waals surface area (Å²) < 4.78 is 5.17. The molecule has 3 aromatic rings. The molecule has 0 bridgehead atoms. The lowest BCUT2D eigenvalue weighted by molar-refractivity contribution is 0.415. The molecule has 2 aromatic carbocycles. The first-order valence-electron chi connectivity index (χ1n) is 7.84. The van der Waals surface area contributed by atoms with Crippen molar-refractivity contribution in [2.45, 2.75) is 6.92 Å². The van der Waals surface area contributed by atoms with Gasteiger partial charge in [0.1, 0.15) is 22.4 Å². The number of halogens is 1. The van der Waals surface area contributed by atoms with E-state index in [1.54, 1.807) is 13.3 Å². The van der Waals surface area contributed by atoms with E-state index in [0.717, 1.165) is 28.3 Å². The molecule has 0 aliphatic rings. The fraction of sp³-hybridized carbons (Fsp3) is 0.100. The van der Waals surface area contributed by atoms with Crippen LogP contribution >= 0.6 is 22.9 Å². The van der Waals surface area contributed by atoms with E-state index in [9.17, 15) is 5.26 Å². The molecule has 0 saturated heterocycles. The number of benzene rings is 2. The van der Waals surface area contributed by atoms with Crippen molar-refractivity contribution in [3.05, 3.63) is 69.6 Å². The number of allylic oxidation sites excluding steroid dienone is 1. The number of nitriles is 1. The molecule has 0 spiro atoms. The zero-order valence-electron chi connectivity index (χ0n) is 14.3. The highest BCUT2D eigenvalue weighted by Gasteiger charge is 2.09. The summed E-state index contributed by atoms with van der Waals surface area (Å²) in [5.74, 6) is 0.794. The second kappa shape index (κ2) is 8.05. The topological polar surface area (TPSA) is 57.9 Å². The summed E-state index contributed by atoms with van der Waals surface area (Å²) in [7, 11) is 1.63. The number of hydrogen-bond acceptors (Lipinski definition) is 5. The first kappa shape index (κ1) is 18.0. The fourth-order valence-corrected chi connectivity index (χ4v) is 3.30. The summed E-state index contributed by atoms with van der Waals surface area (Å²) in [5.41, 5.74) is 4.17. The minimum atomic E-state index is 0.467. The zero-order valence-corrected chi connectivity index (χ0v) is 15.9. The van der Waals surface area contributed by atoms with Crippen molar-refractivity contribution in [2.75, 3.05) is 12.4 Å². The minimum Gasteiger partial charge on any atom is -0.497 e. The van der Waals surface area contributed by atoms with E-state index in [2.05, 4.69) is 16.4 Å². The SMILES string of the molecule is COc1ccc(-c2csc(C(C#N)=CNc3cc(Cl)ccc3C)n2)cc1. The van der Waals surface area contributed by atoms with Gasteiger partial charge >= 0.3 is 0 Å². The van der Waals surface area contributed by atoms with E-state index in [1.807, 2.05) is 54.8 Å². The number of thiazole rings is 1. The smallest absolute Gasteiger partial charge is 0.136 e. The predicted molar refractivity (Wildman–Crippen MR) is 108 cm³/mol. The monoisotopic (exact) mass is 381 g/mol. The van der Waals surface area contributed by atoms with Gasteiger partial charge in [-0.2, -0.15) is 5.26 Å². The summed E-state index contributed by atoms with van der Waals surface area (Å²) in [4.78, 5) is 4.58. The van der Waals surface area contributed by atoms with E-state index in [4.69, 9.17) is 16.3 Å². The molecule has 130 valence electrons. The molecule has 0 amide bonds. The van der Waals surface area contributed by atoms with E-state index >= 15 is 0 Å². The molecule has 0 atom stereocenters. The van der Waals surface area contributed by atoms with Crippen LogP contribution < -0.4 is 10.1 Å². The Morgan fingerprint density at radius 3 is 2.73 bits per heavy atom. The second-order valence-electron chi connectivity index (χ2n) is 5.54. The van der Waals surface area contributed by atoms with Crippen LogP contribution in [0.2, 0.25) is 5.02 Å². The van der Waals surface area contributed by atoms with Crippen LogP contribution in [0.15, 0.2) is 54.0 Å². The van der Waals surface area contributed by atoms with Crippen LogP contribution in [0.25, 0.3) is 16.8 Å². The Balaban J connectivity index is 1.83. The molecule has 26 heavy (non-hydrogen) atoms. The summed E-state index contributed by atoms with van der Waals surface area (Å²) in [6, 6.07) is 15.5. The summed E-state index contributed by atoms with van der Waals surface area (Å²) in [5, 5.41) is 15.9. The largest absolute Gasteiger partial charge is 0.497 e. The molecule has 0 fully saturated rings. The van der Waals surface area contributed by atoms with Crippen LogP contribution in [-0.4, -0.2) is 12.1 Å². The van der Waals surface area contributed by atoms with Crippen LogP contribution in [0.1, 0.15) is 10.6 Å². The van der Waals surface area contributed by atoms with Crippen molar-refractivity contribution in [3.63, 3.8) is 0 Å². The number of rotatable bonds is 5. The van der Waals surface area contributed by atoms with Gasteiger partial charge < -0.3 is 10.1 Å². The van der Waals surface area contributed by atoms with Crippen LogP contribution in [0.3, 0.4) is 0 Å². The Hall–Kier alpha value is -2.81. The molecule has 0 aliphatic carbocycles. The lowest BCUT2D eigenvalue weighted by Gasteiger charge is -2.06. The van der Waals surface area contributed by atoms with E-state index in [1.165, 1.54) is 11.3 Å². The molecular weight excluding hydrogens is 366 g/mol. The highest BCUT2D eigenvalue weighted by molar-refractivity contribution is 7.11. The lowest BCUT2D eigenvalue weighted by Crippen LogP contribution is -1.93. The first-order chi connectivity index (χ1) is 12.6. The van der Waals surface area contributed by atoms with Crippen molar-refractivity contribution in [1.82, 2.24) is 4.98 Å². The number of anilines is 1. The number of nitrogens with zero attached hydrogens (tertiary/aromatic N) is 2. The van der Waals surface area contributed by atoms with Crippen molar-refractivity contribution in [3.8, 4) is 23.1 Å². The third-order valence-corrected chi connectivity index (χ3v) is 4.92. The maximum Gasteiger partial charge on any atom is 0.136 e. The van der Waals surface area contributed by atoms with Gasteiger partial charge in [-0.25, -0.2) is 4.98 Å². The third kappa shape index (κ3) is 4.05. The van der Waals surface area contributed by atoms with Crippen molar-refractivity contribution in [1.29, 1.82) is 5.26 Å². The minimum absolute atomic E-state index is 0.467. The Morgan fingerprint density at radius 2 is 2.04 bits per heavy atom. The summed E-state index contributed by atoms with van der Waals surface area (Å²) in [6.45, 7) is 1.98. The van der Waals surface area contributed by atoms with E-state index in [-0.39, 0.29) is 0 Å². The lowest BCUT2D eigenvalue weighted by atomic mass is 10.2. The third-order valence-electron chi connectivity index (χ3n) is 3.81. The Bertz CT molecular complexity index is 987. The maximum atomic E-state index is 9.50. The second-order valence-corrected chi connectivity index (χ2v) is 6.83. The van der Waals surface area contributed by atoms with Gasteiger partial charge in [0.25, 0.3) is 0 Å². The van der Waals surface area contributed by atoms with Crippen LogP contribution in [-0.2, 0) is 0 Å². The standard InChI is InChI=1S/C20H16ClN3OS/c1-13-3-6-16(21)9-18(13)23-11-15(10-22)20-24-19(12-26-20)14-4-7-17(25-2)8-5-14/h3-9,11-12,23H,1-2H3. The number of nitrogens with one attached hydrogen (secondary N) is 1. The first-order valence-corrected chi connectivity index (χ1v) is 9.10. The van der Waals surface area contributed by atoms with Gasteiger partial charge in [-0.05, 0) is 48.9 Å². The average Bonchev–Trinajstić information content (AvgIpc) is 3.15. The Kier molecular flexibility index (Phi) is 5.57. The van der Waals surface area contributed by atoms with E-state index < -0.39 is 0 Å². The number of hydrogen-bond donors (Lipinski definition) is 1. The molecule has 0 saturated carbocycles. The van der Waals surface area contributed by atoms with Gasteiger partial charge in [0.15, 0.2) is 0 Å². The van der Waals surface area contributed by atoms with Crippen molar-refractivity contribution < 1.29 is 4.74 Å². The van der Waals surface area contributed by atoms with Gasteiger partial charge in [0, 0.05) is 27.9 Å². The number of ether oxygens (including phenoxy) is 1. The molecule has 3 rings (SSSR count). The quantitative estimate of drug-likeness (QED) is 0.571. The highest BCUT2D eigenvalue weighted by Crippen LogP contribution is 2.28. The van der Waals surface area contributed by atoms with Crippen LogP contribution in [0.5, 0.6) is 5.75 Å². The zero-order chi connectivity index (χ0) is 18.5. The van der Waals surface area contributed by atoms with Gasteiger partial charge in [0.05, 0.1) is 12.8 Å². The highest BCUT2D eigenvalue weighted by atomic mass is 35.5. The average molecular weight is 382 g/mol. The summed E-state index contributed by atoms with van der Waals surface area (Å²) in [6.07, 6.45) is 1.66.